The Morgan fingerprint density at radius 2 is 1.00 bits per heavy atom. The summed E-state index contributed by atoms with van der Waals surface area (Å²) in [7, 11) is 0. The summed E-state index contributed by atoms with van der Waals surface area (Å²) in [5.41, 5.74) is 17.1. The lowest BCUT2D eigenvalue weighted by Gasteiger charge is -2.28. The van der Waals surface area contributed by atoms with Crippen LogP contribution in [0.25, 0.3) is 66.1 Å². The van der Waals surface area contributed by atoms with Gasteiger partial charge in [0.2, 0.25) is 0 Å². The maximum absolute atomic E-state index is 2.50. The van der Waals surface area contributed by atoms with Crippen LogP contribution in [0.4, 0.5) is 17.1 Å². The number of hydrogen-bond acceptors (Lipinski definition) is 1. The average Bonchev–Trinajstić information content (AvgIpc) is 3.84. The predicted octanol–water partition coefficient (Wildman–Crippen LogP) is 15.0. The zero-order chi connectivity index (χ0) is 39.3. The summed E-state index contributed by atoms with van der Waals surface area (Å²) < 4.78 is 4.86. The third-order valence-electron chi connectivity index (χ3n) is 12.7. The molecule has 0 unspecified atom stereocenters. The van der Waals surface area contributed by atoms with Crippen LogP contribution in [-0.2, 0) is 10.8 Å². The SMILES string of the molecule is CC(C)(C)c1ccc(-n2c3ccccc3c3c(N(c4ccc5c(c4)-c4ccccc4C5(C)C)c4ccc5c6ccccc6n(-c6ccccc6)c5c4)cccc32)cc1. The van der Waals surface area contributed by atoms with Crippen molar-refractivity contribution in [1.82, 2.24) is 9.13 Å². The zero-order valence-corrected chi connectivity index (χ0v) is 33.7. The molecule has 0 saturated heterocycles. The first kappa shape index (κ1) is 34.4. The van der Waals surface area contributed by atoms with Gasteiger partial charge in [0, 0.05) is 49.7 Å². The minimum Gasteiger partial charge on any atom is -0.310 e. The molecule has 280 valence electrons. The Kier molecular flexibility index (Phi) is 7.46. The van der Waals surface area contributed by atoms with Gasteiger partial charge in [-0.15, -0.1) is 0 Å². The van der Waals surface area contributed by atoms with Crippen LogP contribution in [0.3, 0.4) is 0 Å². The summed E-state index contributed by atoms with van der Waals surface area (Å²) in [5, 5.41) is 4.94. The van der Waals surface area contributed by atoms with Crippen LogP contribution in [0.5, 0.6) is 0 Å². The van der Waals surface area contributed by atoms with E-state index in [0.29, 0.717) is 0 Å². The molecule has 8 aromatic carbocycles. The highest BCUT2D eigenvalue weighted by molar-refractivity contribution is 6.17. The minimum absolute atomic E-state index is 0.0753. The van der Waals surface area contributed by atoms with Crippen LogP contribution in [0.2, 0.25) is 0 Å². The molecule has 0 amide bonds. The van der Waals surface area contributed by atoms with Crippen molar-refractivity contribution in [2.75, 3.05) is 4.90 Å². The van der Waals surface area contributed by atoms with Crippen LogP contribution in [0, 0.1) is 0 Å². The molecular formula is C55H45N3. The molecule has 1 aliphatic carbocycles. The maximum atomic E-state index is 2.50. The van der Waals surface area contributed by atoms with E-state index >= 15 is 0 Å². The number of anilines is 3. The molecule has 3 heteroatoms. The number of rotatable bonds is 5. The summed E-state index contributed by atoms with van der Waals surface area (Å²) in [5.74, 6) is 0. The molecule has 0 bridgehead atoms. The van der Waals surface area contributed by atoms with E-state index in [0.717, 1.165) is 28.4 Å². The summed E-state index contributed by atoms with van der Waals surface area (Å²) in [6, 6.07) is 67.5. The molecule has 0 radical (unpaired) electrons. The molecule has 0 atom stereocenters. The Bertz CT molecular complexity index is 3230. The summed E-state index contributed by atoms with van der Waals surface area (Å²) in [6.45, 7) is 11.5. The molecule has 2 aromatic heterocycles. The second kappa shape index (κ2) is 12.6. The van der Waals surface area contributed by atoms with E-state index in [9.17, 15) is 0 Å². The van der Waals surface area contributed by atoms with Crippen molar-refractivity contribution >= 4 is 60.7 Å². The topological polar surface area (TPSA) is 13.1 Å². The lowest BCUT2D eigenvalue weighted by molar-refractivity contribution is 0.590. The maximum Gasteiger partial charge on any atom is 0.0562 e. The van der Waals surface area contributed by atoms with Gasteiger partial charge in [-0.25, -0.2) is 0 Å². The van der Waals surface area contributed by atoms with Gasteiger partial charge in [0.05, 0.1) is 27.8 Å². The standard InChI is InChI=1S/C55H45N3/c1-54(2,3)36-26-28-38(29-27-36)57-49-23-14-11-20-44(49)53-50(24-15-25-51(53)57)56(39-31-33-47-45(34-39)41-18-9-12-21-46(41)55(47,4)5)40-30-32-43-42-19-10-13-22-48(42)58(52(43)35-40)37-16-7-6-8-17-37/h6-35H,1-5H3. The fourth-order valence-corrected chi connectivity index (χ4v) is 9.80. The molecule has 3 nitrogen and oxygen atoms in total. The van der Waals surface area contributed by atoms with Gasteiger partial charge in [0.25, 0.3) is 0 Å². The number of benzene rings is 8. The molecular weight excluding hydrogens is 703 g/mol. The van der Waals surface area contributed by atoms with Crippen molar-refractivity contribution in [1.29, 1.82) is 0 Å². The van der Waals surface area contributed by atoms with Crippen LogP contribution in [-0.4, -0.2) is 9.13 Å². The van der Waals surface area contributed by atoms with Crippen molar-refractivity contribution in [3.05, 3.63) is 199 Å². The minimum atomic E-state index is -0.0825. The van der Waals surface area contributed by atoms with Crippen molar-refractivity contribution < 1.29 is 0 Å². The quantitative estimate of drug-likeness (QED) is 0.171. The Hall–Kier alpha value is -6.84. The van der Waals surface area contributed by atoms with E-state index < -0.39 is 0 Å². The molecule has 2 heterocycles. The van der Waals surface area contributed by atoms with Gasteiger partial charge in [0.15, 0.2) is 0 Å². The summed E-state index contributed by atoms with van der Waals surface area (Å²) >= 11 is 0. The normalized spacial score (nSPS) is 13.4. The fraction of sp³-hybridized carbons (Fsp3) is 0.127. The molecule has 10 aromatic rings. The zero-order valence-electron chi connectivity index (χ0n) is 33.7. The highest BCUT2D eigenvalue weighted by Crippen LogP contribution is 2.52. The molecule has 11 rings (SSSR count). The molecule has 58 heavy (non-hydrogen) atoms. The van der Waals surface area contributed by atoms with Gasteiger partial charge in [-0.2, -0.15) is 0 Å². The van der Waals surface area contributed by atoms with E-state index in [4.69, 9.17) is 0 Å². The van der Waals surface area contributed by atoms with E-state index in [2.05, 4.69) is 231 Å². The second-order valence-corrected chi connectivity index (χ2v) is 17.4. The lowest BCUT2D eigenvalue weighted by atomic mass is 9.82. The Balaban J connectivity index is 1.21. The number of para-hydroxylation sites is 3. The van der Waals surface area contributed by atoms with Crippen LogP contribution >= 0.6 is 0 Å². The van der Waals surface area contributed by atoms with Gasteiger partial charge in [-0.3, -0.25) is 0 Å². The highest BCUT2D eigenvalue weighted by Gasteiger charge is 2.36. The number of hydrogen-bond donors (Lipinski definition) is 0. The van der Waals surface area contributed by atoms with E-state index in [1.165, 1.54) is 71.4 Å². The van der Waals surface area contributed by atoms with Gasteiger partial charge < -0.3 is 14.0 Å². The van der Waals surface area contributed by atoms with Crippen molar-refractivity contribution in [2.45, 2.75) is 45.4 Å². The average molecular weight is 748 g/mol. The fourth-order valence-electron chi connectivity index (χ4n) is 9.80. The predicted molar refractivity (Wildman–Crippen MR) is 246 cm³/mol. The molecule has 0 aliphatic heterocycles. The molecule has 0 N–H and O–H groups in total. The molecule has 0 saturated carbocycles. The van der Waals surface area contributed by atoms with Gasteiger partial charge in [0.1, 0.15) is 0 Å². The first-order valence-electron chi connectivity index (χ1n) is 20.4. The van der Waals surface area contributed by atoms with Crippen molar-refractivity contribution in [3.63, 3.8) is 0 Å². The molecule has 0 fully saturated rings. The molecule has 0 spiro atoms. The van der Waals surface area contributed by atoms with E-state index in [1.54, 1.807) is 0 Å². The van der Waals surface area contributed by atoms with Crippen LogP contribution < -0.4 is 4.90 Å². The monoisotopic (exact) mass is 747 g/mol. The van der Waals surface area contributed by atoms with E-state index in [1.807, 2.05) is 0 Å². The van der Waals surface area contributed by atoms with Gasteiger partial charge in [-0.1, -0.05) is 144 Å². The van der Waals surface area contributed by atoms with Crippen LogP contribution in [0.1, 0.15) is 51.3 Å². The largest absolute Gasteiger partial charge is 0.310 e. The van der Waals surface area contributed by atoms with Crippen molar-refractivity contribution in [2.24, 2.45) is 0 Å². The number of nitrogens with zero attached hydrogens (tertiary/aromatic N) is 3. The second-order valence-electron chi connectivity index (χ2n) is 17.4. The third kappa shape index (κ3) is 5.06. The lowest BCUT2D eigenvalue weighted by Crippen LogP contribution is -2.15. The Labute approximate surface area is 340 Å². The number of aromatic nitrogens is 2. The smallest absolute Gasteiger partial charge is 0.0562 e. The van der Waals surface area contributed by atoms with Gasteiger partial charge in [-0.05, 0) is 106 Å². The van der Waals surface area contributed by atoms with Crippen LogP contribution in [0.15, 0.2) is 182 Å². The Morgan fingerprint density at radius 1 is 0.431 bits per heavy atom. The number of fused-ring (bicyclic) bond motifs is 9. The molecule has 1 aliphatic rings. The first-order valence-corrected chi connectivity index (χ1v) is 20.4. The van der Waals surface area contributed by atoms with Gasteiger partial charge >= 0.3 is 0 Å². The first-order chi connectivity index (χ1) is 28.2. The van der Waals surface area contributed by atoms with E-state index in [-0.39, 0.29) is 10.8 Å². The third-order valence-corrected chi connectivity index (χ3v) is 12.7. The summed E-state index contributed by atoms with van der Waals surface area (Å²) in [6.07, 6.45) is 0. The highest BCUT2D eigenvalue weighted by atomic mass is 15.2. The van der Waals surface area contributed by atoms with Crippen molar-refractivity contribution in [3.8, 4) is 22.5 Å². The Morgan fingerprint density at radius 3 is 1.78 bits per heavy atom. The summed E-state index contributed by atoms with van der Waals surface area (Å²) in [4.78, 5) is 2.50.